The fraction of sp³-hybridized carbons (Fsp3) is 0.250. The van der Waals surface area contributed by atoms with Crippen molar-refractivity contribution in [2.45, 2.75) is 13.0 Å². The summed E-state index contributed by atoms with van der Waals surface area (Å²) in [5.74, 6) is -0.00691. The van der Waals surface area contributed by atoms with Crippen LogP contribution in [0.4, 0.5) is 10.1 Å². The number of hydrogen-bond donors (Lipinski definition) is 2. The van der Waals surface area contributed by atoms with E-state index < -0.39 is 5.95 Å². The van der Waals surface area contributed by atoms with E-state index in [4.69, 9.17) is 0 Å². The summed E-state index contributed by atoms with van der Waals surface area (Å²) in [5.41, 5.74) is 0.625. The summed E-state index contributed by atoms with van der Waals surface area (Å²) in [6, 6.07) is 2.82. The fourth-order valence-electron chi connectivity index (χ4n) is 1.16. The lowest BCUT2D eigenvalue weighted by Crippen LogP contribution is -2.08. The third kappa shape index (κ3) is 2.25. The largest absolute Gasteiger partial charge is 0.375 e. The van der Waals surface area contributed by atoms with Crippen molar-refractivity contribution in [1.82, 2.24) is 25.6 Å². The van der Waals surface area contributed by atoms with E-state index in [0.29, 0.717) is 11.5 Å². The molecule has 0 aliphatic rings. The van der Waals surface area contributed by atoms with Crippen LogP contribution >= 0.6 is 0 Å². The molecule has 0 aliphatic carbocycles. The van der Waals surface area contributed by atoms with E-state index in [0.717, 1.165) is 0 Å². The number of rotatable bonds is 3. The third-order valence-corrected chi connectivity index (χ3v) is 1.86. The molecule has 2 aromatic heterocycles. The van der Waals surface area contributed by atoms with Gasteiger partial charge in [0.05, 0.1) is 6.04 Å². The minimum Gasteiger partial charge on any atom is -0.375 e. The number of hydrogen-bond acceptors (Lipinski definition) is 5. The van der Waals surface area contributed by atoms with Gasteiger partial charge in [-0.15, -0.1) is 10.2 Å². The Balaban J connectivity index is 2.09. The molecule has 0 saturated heterocycles. The molecule has 15 heavy (non-hydrogen) atoms. The standard InChI is InChI=1S/C8H9FN6/c1-5(8-12-14-15-13-8)11-6-2-3-10-7(9)4-6/h2-5H,1H3,(H,10,11)(H,12,13,14,15). The van der Waals surface area contributed by atoms with E-state index in [1.54, 1.807) is 6.07 Å². The molecule has 1 unspecified atom stereocenters. The molecule has 0 fully saturated rings. The predicted octanol–water partition coefficient (Wildman–Crippen LogP) is 0.907. The molecule has 1 atom stereocenters. The second-order valence-corrected chi connectivity index (χ2v) is 3.00. The van der Waals surface area contributed by atoms with Gasteiger partial charge < -0.3 is 5.32 Å². The number of halogens is 1. The van der Waals surface area contributed by atoms with E-state index in [-0.39, 0.29) is 6.04 Å². The summed E-state index contributed by atoms with van der Waals surface area (Å²) in [7, 11) is 0. The number of aromatic nitrogens is 5. The van der Waals surface area contributed by atoms with Gasteiger partial charge in [0.2, 0.25) is 5.95 Å². The molecular weight excluding hydrogens is 199 g/mol. The molecule has 0 bridgehead atoms. The molecule has 6 nitrogen and oxygen atoms in total. The Kier molecular flexibility index (Phi) is 2.53. The number of tetrazole rings is 1. The highest BCUT2D eigenvalue weighted by Gasteiger charge is 2.09. The summed E-state index contributed by atoms with van der Waals surface area (Å²) < 4.78 is 12.8. The number of nitrogens with zero attached hydrogens (tertiary/aromatic N) is 4. The van der Waals surface area contributed by atoms with Crippen LogP contribution in [-0.4, -0.2) is 25.6 Å². The van der Waals surface area contributed by atoms with Gasteiger partial charge in [-0.1, -0.05) is 5.21 Å². The maximum Gasteiger partial charge on any atom is 0.214 e. The number of pyridine rings is 1. The molecule has 0 aliphatic heterocycles. The second-order valence-electron chi connectivity index (χ2n) is 3.00. The van der Waals surface area contributed by atoms with Gasteiger partial charge in [0.1, 0.15) is 0 Å². The molecule has 0 amide bonds. The summed E-state index contributed by atoms with van der Waals surface area (Å²) >= 11 is 0. The van der Waals surface area contributed by atoms with Gasteiger partial charge in [0.15, 0.2) is 5.82 Å². The van der Waals surface area contributed by atoms with Gasteiger partial charge in [-0.05, 0) is 13.0 Å². The Hall–Kier alpha value is -2.05. The topological polar surface area (TPSA) is 79.4 Å². The van der Waals surface area contributed by atoms with Crippen LogP contribution in [0.2, 0.25) is 0 Å². The van der Waals surface area contributed by atoms with Crippen molar-refractivity contribution in [2.75, 3.05) is 5.32 Å². The second kappa shape index (κ2) is 3.99. The average molecular weight is 208 g/mol. The first-order chi connectivity index (χ1) is 7.25. The first-order valence-electron chi connectivity index (χ1n) is 4.37. The fourth-order valence-corrected chi connectivity index (χ4v) is 1.16. The highest BCUT2D eigenvalue weighted by Crippen LogP contribution is 2.14. The molecule has 2 N–H and O–H groups in total. The predicted molar refractivity (Wildman–Crippen MR) is 50.4 cm³/mol. The van der Waals surface area contributed by atoms with Gasteiger partial charge in [-0.2, -0.15) is 9.60 Å². The van der Waals surface area contributed by atoms with Crippen LogP contribution in [0.3, 0.4) is 0 Å². The Morgan fingerprint density at radius 2 is 2.40 bits per heavy atom. The van der Waals surface area contributed by atoms with Gasteiger partial charge >= 0.3 is 0 Å². The van der Waals surface area contributed by atoms with E-state index in [1.165, 1.54) is 12.3 Å². The maximum absolute atomic E-state index is 12.8. The quantitative estimate of drug-likeness (QED) is 0.733. The van der Waals surface area contributed by atoms with Crippen molar-refractivity contribution in [2.24, 2.45) is 0 Å². The molecule has 2 aromatic rings. The third-order valence-electron chi connectivity index (χ3n) is 1.86. The Labute approximate surface area is 84.9 Å². The zero-order chi connectivity index (χ0) is 10.7. The normalized spacial score (nSPS) is 12.4. The van der Waals surface area contributed by atoms with E-state index in [2.05, 4.69) is 30.9 Å². The summed E-state index contributed by atoms with van der Waals surface area (Å²) in [6.07, 6.45) is 1.39. The molecular formula is C8H9FN6. The zero-order valence-electron chi connectivity index (χ0n) is 7.98. The maximum atomic E-state index is 12.8. The van der Waals surface area contributed by atoms with Crippen LogP contribution in [-0.2, 0) is 0 Å². The molecule has 2 rings (SSSR count). The monoisotopic (exact) mass is 208 g/mol. The molecule has 7 heteroatoms. The molecule has 0 aromatic carbocycles. The molecule has 0 spiro atoms. The van der Waals surface area contributed by atoms with Crippen LogP contribution < -0.4 is 5.32 Å². The van der Waals surface area contributed by atoms with Gasteiger partial charge in [-0.3, -0.25) is 0 Å². The lowest BCUT2D eigenvalue weighted by Gasteiger charge is -2.10. The Morgan fingerprint density at radius 3 is 3.07 bits per heavy atom. The van der Waals surface area contributed by atoms with Crippen LogP contribution in [0.1, 0.15) is 18.8 Å². The van der Waals surface area contributed by atoms with Crippen molar-refractivity contribution >= 4 is 5.69 Å². The first kappa shape index (κ1) is 9.50. The van der Waals surface area contributed by atoms with Gasteiger partial charge in [0, 0.05) is 18.0 Å². The summed E-state index contributed by atoms with van der Waals surface area (Å²) in [4.78, 5) is 3.45. The Bertz CT molecular complexity index is 428. The lowest BCUT2D eigenvalue weighted by atomic mass is 10.3. The summed E-state index contributed by atoms with van der Waals surface area (Å²) in [6.45, 7) is 1.85. The van der Waals surface area contributed by atoms with Crippen LogP contribution in [0.5, 0.6) is 0 Å². The minimum atomic E-state index is -0.527. The highest BCUT2D eigenvalue weighted by atomic mass is 19.1. The van der Waals surface area contributed by atoms with Crippen LogP contribution in [0, 0.1) is 5.95 Å². The first-order valence-corrected chi connectivity index (χ1v) is 4.37. The highest BCUT2D eigenvalue weighted by molar-refractivity contribution is 5.42. The van der Waals surface area contributed by atoms with Crippen molar-refractivity contribution in [3.05, 3.63) is 30.1 Å². The van der Waals surface area contributed by atoms with Crippen molar-refractivity contribution in [3.63, 3.8) is 0 Å². The molecule has 78 valence electrons. The SMILES string of the molecule is CC(Nc1ccnc(F)c1)c1nn[nH]n1. The van der Waals surface area contributed by atoms with E-state index >= 15 is 0 Å². The smallest absolute Gasteiger partial charge is 0.214 e. The lowest BCUT2D eigenvalue weighted by molar-refractivity contribution is 0.584. The summed E-state index contributed by atoms with van der Waals surface area (Å²) in [5, 5.41) is 16.4. The number of nitrogens with one attached hydrogen (secondary N) is 2. The zero-order valence-corrected chi connectivity index (χ0v) is 7.98. The molecule has 2 heterocycles. The molecule has 0 radical (unpaired) electrons. The van der Waals surface area contributed by atoms with E-state index in [1.807, 2.05) is 6.92 Å². The van der Waals surface area contributed by atoms with Gasteiger partial charge in [0.25, 0.3) is 0 Å². The number of H-pyrrole nitrogens is 1. The van der Waals surface area contributed by atoms with Crippen LogP contribution in [0.15, 0.2) is 18.3 Å². The van der Waals surface area contributed by atoms with Crippen molar-refractivity contribution in [3.8, 4) is 0 Å². The van der Waals surface area contributed by atoms with Crippen molar-refractivity contribution < 1.29 is 4.39 Å². The number of aromatic amines is 1. The van der Waals surface area contributed by atoms with Crippen molar-refractivity contribution in [1.29, 1.82) is 0 Å². The minimum absolute atomic E-state index is 0.148. The van der Waals surface area contributed by atoms with Gasteiger partial charge in [-0.25, -0.2) is 4.98 Å². The average Bonchev–Trinajstić information content (AvgIpc) is 2.70. The molecule has 0 saturated carbocycles. The van der Waals surface area contributed by atoms with Crippen LogP contribution in [0.25, 0.3) is 0 Å². The Morgan fingerprint density at radius 1 is 1.53 bits per heavy atom. The number of anilines is 1. The van der Waals surface area contributed by atoms with E-state index in [9.17, 15) is 4.39 Å².